The fraction of sp³-hybridized carbons (Fsp3) is 0.440. The van der Waals surface area contributed by atoms with Gasteiger partial charge in [-0.1, -0.05) is 28.3 Å². The summed E-state index contributed by atoms with van der Waals surface area (Å²) in [6.07, 6.45) is -4.06. The topological polar surface area (TPSA) is 117 Å². The molecule has 1 saturated heterocycles. The van der Waals surface area contributed by atoms with Gasteiger partial charge in [-0.2, -0.15) is 13.2 Å². The van der Waals surface area contributed by atoms with E-state index in [4.69, 9.17) is 10.6 Å². The average Bonchev–Trinajstić information content (AvgIpc) is 2.64. The Labute approximate surface area is 214 Å². The maximum atomic E-state index is 12.6. The number of rotatable bonds is 1. The predicted octanol–water partition coefficient (Wildman–Crippen LogP) is 3.44. The number of pyridine rings is 1. The van der Waals surface area contributed by atoms with E-state index in [1.54, 1.807) is 46.8 Å². The Morgan fingerprint density at radius 1 is 1.14 bits per heavy atom. The normalized spacial score (nSPS) is 14.1. The van der Waals surface area contributed by atoms with Crippen molar-refractivity contribution in [1.82, 2.24) is 4.90 Å². The van der Waals surface area contributed by atoms with Gasteiger partial charge in [-0.25, -0.2) is 19.1 Å². The maximum Gasteiger partial charge on any atom is 0.422 e. The van der Waals surface area contributed by atoms with Crippen LogP contribution in [0, 0.1) is 38.5 Å². The number of nitrogens with two attached hydrogens (primary N) is 1. The summed E-state index contributed by atoms with van der Waals surface area (Å²) in [5.41, 5.74) is 0.871. The number of carbonyl (C=O) groups is 1. The molecule has 2 aromatic rings. The van der Waals surface area contributed by atoms with Gasteiger partial charge in [0.1, 0.15) is 21.3 Å². The molecule has 0 saturated carbocycles. The van der Waals surface area contributed by atoms with E-state index >= 15 is 0 Å². The molecule has 0 bridgehead atoms. The number of hydrogen-bond acceptors (Lipinski definition) is 6. The van der Waals surface area contributed by atoms with Crippen LogP contribution in [0.2, 0.25) is 0 Å². The van der Waals surface area contributed by atoms with Crippen molar-refractivity contribution in [2.24, 2.45) is 5.92 Å². The van der Waals surface area contributed by atoms with Crippen LogP contribution in [0.5, 0.6) is 0 Å². The van der Waals surface area contributed by atoms with E-state index < -0.39 is 33.6 Å². The molecule has 1 fully saturated rings. The molecule has 3 rings (SSSR count). The van der Waals surface area contributed by atoms with Gasteiger partial charge in [-0.15, -0.1) is 0 Å². The third-order valence-electron chi connectivity index (χ3n) is 5.10. The molecule has 2 N–H and O–H groups in total. The van der Waals surface area contributed by atoms with Crippen LogP contribution in [-0.2, 0) is 21.0 Å². The monoisotopic (exact) mass is 541 g/mol. The van der Waals surface area contributed by atoms with Crippen LogP contribution in [-0.4, -0.2) is 42.7 Å². The van der Waals surface area contributed by atoms with Crippen LogP contribution in [0.3, 0.4) is 0 Å². The van der Waals surface area contributed by atoms with Gasteiger partial charge < -0.3 is 14.2 Å². The first-order valence-electron chi connectivity index (χ1n) is 11.2. The van der Waals surface area contributed by atoms with Crippen molar-refractivity contribution < 1.29 is 40.3 Å². The summed E-state index contributed by atoms with van der Waals surface area (Å²) in [6.45, 7) is 11.3. The van der Waals surface area contributed by atoms with Crippen molar-refractivity contribution in [1.29, 1.82) is 0 Å². The van der Waals surface area contributed by atoms with Crippen LogP contribution in [0.1, 0.15) is 48.7 Å². The molecular weight excluding hydrogens is 511 g/mol. The number of nitrogens with zero attached hydrogens (tertiary/aromatic N) is 2. The maximum absolute atomic E-state index is 12.6. The Kier molecular flexibility index (Phi) is 8.88. The lowest BCUT2D eigenvalue weighted by atomic mass is 10.0. The van der Waals surface area contributed by atoms with Gasteiger partial charge in [0.05, 0.1) is 10.8 Å². The van der Waals surface area contributed by atoms with Gasteiger partial charge >= 0.3 is 12.3 Å². The number of likely N-dealkylation sites (tertiary alicyclic amines) is 1. The number of aryl methyl sites for hydroxylation is 3. The zero-order valence-corrected chi connectivity index (χ0v) is 22.2. The molecule has 2 heterocycles. The lowest BCUT2D eigenvalue weighted by Crippen LogP contribution is -2.51. The number of hydrogen-bond donors (Lipinski definition) is 1. The van der Waals surface area contributed by atoms with Crippen molar-refractivity contribution in [3.8, 4) is 11.8 Å². The highest BCUT2D eigenvalue weighted by Gasteiger charge is 2.34. The molecule has 1 aliphatic heterocycles. The fourth-order valence-corrected chi connectivity index (χ4v) is 4.48. The van der Waals surface area contributed by atoms with Crippen LogP contribution in [0.25, 0.3) is 0 Å². The molecule has 0 aliphatic carbocycles. The SMILES string of the molecule is CC(C)(C)OC(=O)N1CC(C#Cc2ccc(C(F)(F)F)c[n+]2N)C1.Cc1cc(C)c(S(=O)(=O)[O-])c(C)c1. The third-order valence-corrected chi connectivity index (χ3v) is 6.24. The standard InChI is InChI=1S/C16H19F3N3O2.C9H12O3S/c1-15(2,3)24-14(23)21-8-11(9-21)4-6-13-7-5-12(10-22(13)20)16(17,18)19;1-6-4-7(2)9(8(3)5-6)13(10,11)12/h5,7,10-11H,8-9,20H2,1-3H3;4-5H,1-3H3,(H,10,11,12)/q+1;/p-1. The van der Waals surface area contributed by atoms with Crippen molar-refractivity contribution >= 4 is 16.2 Å². The van der Waals surface area contributed by atoms with Crippen molar-refractivity contribution in [3.05, 3.63) is 58.4 Å². The number of ether oxygens (including phenoxy) is 1. The smallest absolute Gasteiger partial charge is 0.422 e. The summed E-state index contributed by atoms with van der Waals surface area (Å²) in [6, 6.07) is 5.54. The molecule has 1 aromatic heterocycles. The van der Waals surface area contributed by atoms with Crippen LogP contribution in [0.15, 0.2) is 35.4 Å². The average molecular weight is 542 g/mol. The fourth-order valence-electron chi connectivity index (χ4n) is 3.57. The molecule has 0 atom stereocenters. The number of halogens is 3. The van der Waals surface area contributed by atoms with Gasteiger partial charge in [0.2, 0.25) is 6.20 Å². The zero-order chi connectivity index (χ0) is 28.3. The van der Waals surface area contributed by atoms with E-state index in [-0.39, 0.29) is 16.5 Å². The Morgan fingerprint density at radius 2 is 1.68 bits per heavy atom. The number of alkyl halides is 3. The third kappa shape index (κ3) is 8.65. The first-order chi connectivity index (χ1) is 16.8. The quantitative estimate of drug-likeness (QED) is 0.256. The van der Waals surface area contributed by atoms with E-state index in [1.165, 1.54) is 11.0 Å². The lowest BCUT2D eigenvalue weighted by molar-refractivity contribution is -0.642. The molecule has 37 heavy (non-hydrogen) atoms. The first-order valence-corrected chi connectivity index (χ1v) is 12.6. The summed E-state index contributed by atoms with van der Waals surface area (Å²) in [7, 11) is -4.33. The minimum absolute atomic E-state index is 0.0557. The van der Waals surface area contributed by atoms with Crippen LogP contribution < -0.4 is 10.5 Å². The van der Waals surface area contributed by atoms with E-state index in [1.807, 2.05) is 6.92 Å². The zero-order valence-electron chi connectivity index (χ0n) is 21.4. The molecule has 202 valence electrons. The number of aromatic nitrogens is 1. The van der Waals surface area contributed by atoms with Gasteiger partial charge in [0.25, 0.3) is 5.69 Å². The lowest BCUT2D eigenvalue weighted by Gasteiger charge is -2.37. The Bertz CT molecular complexity index is 1310. The van der Waals surface area contributed by atoms with E-state index in [9.17, 15) is 30.9 Å². The van der Waals surface area contributed by atoms with Crippen LogP contribution in [0.4, 0.5) is 18.0 Å². The largest absolute Gasteiger partial charge is 0.744 e. The van der Waals surface area contributed by atoms with Crippen molar-refractivity contribution in [3.63, 3.8) is 0 Å². The molecular formula is C25H30F3N3O5S. The second-order valence-electron chi connectivity index (χ2n) is 9.74. The molecule has 8 nitrogen and oxygen atoms in total. The second-order valence-corrected chi connectivity index (χ2v) is 11.1. The van der Waals surface area contributed by atoms with E-state index in [0.717, 1.165) is 22.5 Å². The summed E-state index contributed by atoms with van der Waals surface area (Å²) in [5.74, 6) is 11.1. The highest BCUT2D eigenvalue weighted by atomic mass is 32.2. The van der Waals surface area contributed by atoms with Crippen LogP contribution >= 0.6 is 0 Å². The molecule has 1 amide bonds. The highest BCUT2D eigenvalue weighted by molar-refractivity contribution is 7.85. The molecule has 0 radical (unpaired) electrons. The highest BCUT2D eigenvalue weighted by Crippen LogP contribution is 2.28. The number of carbonyl (C=O) groups excluding carboxylic acids is 1. The Hall–Kier alpha value is -3.30. The molecule has 1 aliphatic rings. The molecule has 1 aromatic carbocycles. The Morgan fingerprint density at radius 3 is 2.11 bits per heavy atom. The van der Waals surface area contributed by atoms with Crippen molar-refractivity contribution in [2.75, 3.05) is 18.9 Å². The number of amides is 1. The molecule has 0 spiro atoms. The van der Waals surface area contributed by atoms with Gasteiger partial charge in [0.15, 0.2) is 0 Å². The summed E-state index contributed by atoms with van der Waals surface area (Å²) < 4.78 is 76.2. The minimum atomic E-state index is -4.45. The first kappa shape index (κ1) is 29.9. The number of nitrogen functional groups attached to an aromatic ring is 1. The molecule has 12 heteroatoms. The molecule has 0 unspecified atom stereocenters. The van der Waals surface area contributed by atoms with Gasteiger partial charge in [-0.3, -0.25) is 0 Å². The number of benzene rings is 1. The Balaban J connectivity index is 0.000000312. The van der Waals surface area contributed by atoms with E-state index in [0.29, 0.717) is 24.2 Å². The summed E-state index contributed by atoms with van der Waals surface area (Å²) in [4.78, 5) is 13.2. The predicted molar refractivity (Wildman–Crippen MR) is 129 cm³/mol. The van der Waals surface area contributed by atoms with E-state index in [2.05, 4.69) is 11.8 Å². The summed E-state index contributed by atoms with van der Waals surface area (Å²) >= 11 is 0. The summed E-state index contributed by atoms with van der Waals surface area (Å²) in [5, 5.41) is 0. The van der Waals surface area contributed by atoms with Crippen molar-refractivity contribution in [2.45, 2.75) is 58.2 Å². The second kappa shape index (κ2) is 11.0. The van der Waals surface area contributed by atoms with Gasteiger partial charge in [0, 0.05) is 25.1 Å². The van der Waals surface area contributed by atoms with Gasteiger partial charge in [-0.05, 0) is 58.7 Å². The minimum Gasteiger partial charge on any atom is -0.744 e.